The van der Waals surface area contributed by atoms with Crippen molar-refractivity contribution in [3.05, 3.63) is 41.3 Å². The average molecular weight is 359 g/mol. The van der Waals surface area contributed by atoms with E-state index in [0.29, 0.717) is 18.9 Å². The van der Waals surface area contributed by atoms with Crippen molar-refractivity contribution in [2.24, 2.45) is 5.92 Å². The Morgan fingerprint density at radius 1 is 1.20 bits per heavy atom. The van der Waals surface area contributed by atoms with Crippen LogP contribution in [0.5, 0.6) is 5.75 Å². The molecule has 0 bridgehead atoms. The van der Waals surface area contributed by atoms with E-state index in [1.807, 2.05) is 12.1 Å². The molecular weight excluding hydrogens is 332 g/mol. The van der Waals surface area contributed by atoms with Crippen molar-refractivity contribution in [2.75, 3.05) is 20.2 Å². The van der Waals surface area contributed by atoms with Crippen molar-refractivity contribution < 1.29 is 9.53 Å². The van der Waals surface area contributed by atoms with Gasteiger partial charge in [0.15, 0.2) is 0 Å². The molecule has 25 heavy (non-hydrogen) atoms. The van der Waals surface area contributed by atoms with Gasteiger partial charge in [-0.15, -0.1) is 11.3 Å². The van der Waals surface area contributed by atoms with Crippen LogP contribution in [0.15, 0.2) is 36.4 Å². The van der Waals surface area contributed by atoms with Crippen molar-refractivity contribution >= 4 is 17.2 Å². The molecule has 1 saturated heterocycles. The zero-order chi connectivity index (χ0) is 17.5. The van der Waals surface area contributed by atoms with E-state index >= 15 is 0 Å². The van der Waals surface area contributed by atoms with Crippen molar-refractivity contribution in [1.82, 2.24) is 10.6 Å². The first-order valence-electron chi connectivity index (χ1n) is 8.95. The van der Waals surface area contributed by atoms with Gasteiger partial charge in [-0.2, -0.15) is 0 Å². The number of methoxy groups -OCH3 is 1. The van der Waals surface area contributed by atoms with Gasteiger partial charge in [-0.05, 0) is 80.2 Å². The Labute approximate surface area is 153 Å². The van der Waals surface area contributed by atoms with Gasteiger partial charge in [-0.25, -0.2) is 0 Å². The molecule has 1 aliphatic rings. The molecule has 1 aliphatic heterocycles. The monoisotopic (exact) mass is 358 g/mol. The zero-order valence-corrected chi connectivity index (χ0v) is 15.5. The van der Waals surface area contributed by atoms with Gasteiger partial charge in [0.25, 0.3) is 0 Å². The van der Waals surface area contributed by atoms with Gasteiger partial charge in [-0.3, -0.25) is 4.79 Å². The number of rotatable bonds is 7. The second kappa shape index (κ2) is 9.02. The van der Waals surface area contributed by atoms with E-state index in [1.54, 1.807) is 18.4 Å². The molecule has 3 rings (SSSR count). The molecule has 1 fully saturated rings. The largest absolute Gasteiger partial charge is 0.497 e. The summed E-state index contributed by atoms with van der Waals surface area (Å²) >= 11 is 1.72. The lowest BCUT2D eigenvalue weighted by Gasteiger charge is -2.22. The summed E-state index contributed by atoms with van der Waals surface area (Å²) < 4.78 is 5.19. The third kappa shape index (κ3) is 5.31. The van der Waals surface area contributed by atoms with Crippen LogP contribution in [0.3, 0.4) is 0 Å². The SMILES string of the molecule is COc1ccc(-c2ccc(CNC(=O)CCC3CCNCC3)s2)cc1. The molecule has 0 atom stereocenters. The molecule has 5 heteroatoms. The molecule has 0 aliphatic carbocycles. The Bertz CT molecular complexity index is 675. The zero-order valence-electron chi connectivity index (χ0n) is 14.7. The average Bonchev–Trinajstić information content (AvgIpc) is 3.14. The van der Waals surface area contributed by atoms with Crippen LogP contribution in [0.4, 0.5) is 0 Å². The number of carbonyl (C=O) groups is 1. The first kappa shape index (κ1) is 18.0. The minimum atomic E-state index is 0.165. The summed E-state index contributed by atoms with van der Waals surface area (Å²) in [6.07, 6.45) is 4.04. The number of benzene rings is 1. The Balaban J connectivity index is 1.45. The Kier molecular flexibility index (Phi) is 6.48. The number of amides is 1. The summed E-state index contributed by atoms with van der Waals surface area (Å²) in [5.41, 5.74) is 1.18. The van der Waals surface area contributed by atoms with E-state index in [4.69, 9.17) is 4.74 Å². The maximum absolute atomic E-state index is 12.1. The lowest BCUT2D eigenvalue weighted by atomic mass is 9.93. The van der Waals surface area contributed by atoms with Gasteiger partial charge in [0.1, 0.15) is 5.75 Å². The predicted molar refractivity (Wildman–Crippen MR) is 103 cm³/mol. The molecule has 4 nitrogen and oxygen atoms in total. The maximum Gasteiger partial charge on any atom is 0.220 e. The lowest BCUT2D eigenvalue weighted by molar-refractivity contribution is -0.121. The van der Waals surface area contributed by atoms with Gasteiger partial charge in [0, 0.05) is 16.2 Å². The number of carbonyl (C=O) groups excluding carboxylic acids is 1. The van der Waals surface area contributed by atoms with E-state index in [1.165, 1.54) is 28.2 Å². The number of hydrogen-bond donors (Lipinski definition) is 2. The van der Waals surface area contributed by atoms with Crippen LogP contribution in [-0.2, 0) is 11.3 Å². The van der Waals surface area contributed by atoms with Crippen molar-refractivity contribution in [1.29, 1.82) is 0 Å². The quantitative estimate of drug-likeness (QED) is 0.791. The highest BCUT2D eigenvalue weighted by atomic mass is 32.1. The Hall–Kier alpha value is -1.85. The summed E-state index contributed by atoms with van der Waals surface area (Å²) in [5, 5.41) is 6.42. The predicted octanol–water partition coefficient (Wildman–Crippen LogP) is 3.82. The molecule has 2 aromatic rings. The van der Waals surface area contributed by atoms with E-state index < -0.39 is 0 Å². The van der Waals surface area contributed by atoms with Gasteiger partial charge in [-0.1, -0.05) is 0 Å². The van der Waals surface area contributed by atoms with Gasteiger partial charge < -0.3 is 15.4 Å². The van der Waals surface area contributed by atoms with Crippen molar-refractivity contribution in [3.63, 3.8) is 0 Å². The lowest BCUT2D eigenvalue weighted by Crippen LogP contribution is -2.29. The Morgan fingerprint density at radius 2 is 1.96 bits per heavy atom. The van der Waals surface area contributed by atoms with Crippen LogP contribution in [0.2, 0.25) is 0 Å². The molecule has 1 amide bonds. The number of ether oxygens (including phenoxy) is 1. The molecule has 0 unspecified atom stereocenters. The van der Waals surface area contributed by atoms with E-state index in [2.05, 4.69) is 34.9 Å². The van der Waals surface area contributed by atoms with E-state index in [-0.39, 0.29) is 5.91 Å². The molecule has 0 radical (unpaired) electrons. The van der Waals surface area contributed by atoms with Crippen LogP contribution in [0.1, 0.15) is 30.6 Å². The number of thiophene rings is 1. The third-order valence-electron chi connectivity index (χ3n) is 4.73. The molecule has 1 aromatic carbocycles. The molecule has 2 heterocycles. The summed E-state index contributed by atoms with van der Waals surface area (Å²) in [6.45, 7) is 2.80. The molecule has 0 spiro atoms. The molecule has 2 N–H and O–H groups in total. The standard InChI is InChI=1S/C20H26N2O2S/c1-24-17-5-3-16(4-6-17)19-8-7-18(25-19)14-22-20(23)9-2-15-10-12-21-13-11-15/h3-8,15,21H,2,9-14H2,1H3,(H,22,23). The summed E-state index contributed by atoms with van der Waals surface area (Å²) in [7, 11) is 1.67. The summed E-state index contributed by atoms with van der Waals surface area (Å²) in [6, 6.07) is 12.3. The minimum absolute atomic E-state index is 0.165. The topological polar surface area (TPSA) is 50.4 Å². The summed E-state index contributed by atoms with van der Waals surface area (Å²) in [5.74, 6) is 1.73. The normalized spacial score (nSPS) is 15.1. The van der Waals surface area contributed by atoms with E-state index in [9.17, 15) is 4.79 Å². The maximum atomic E-state index is 12.1. The summed E-state index contributed by atoms with van der Waals surface area (Å²) in [4.78, 5) is 14.5. The third-order valence-corrected chi connectivity index (χ3v) is 5.87. The second-order valence-electron chi connectivity index (χ2n) is 6.50. The fourth-order valence-corrected chi connectivity index (χ4v) is 4.12. The number of nitrogens with one attached hydrogen (secondary N) is 2. The van der Waals surface area contributed by atoms with Crippen LogP contribution in [-0.4, -0.2) is 26.1 Å². The van der Waals surface area contributed by atoms with Crippen LogP contribution in [0.25, 0.3) is 10.4 Å². The molecular formula is C20H26N2O2S. The number of hydrogen-bond acceptors (Lipinski definition) is 4. The Morgan fingerprint density at radius 3 is 2.68 bits per heavy atom. The van der Waals surface area contributed by atoms with Crippen LogP contribution >= 0.6 is 11.3 Å². The minimum Gasteiger partial charge on any atom is -0.497 e. The first-order valence-corrected chi connectivity index (χ1v) is 9.77. The van der Waals surface area contributed by atoms with Crippen LogP contribution < -0.4 is 15.4 Å². The molecule has 134 valence electrons. The second-order valence-corrected chi connectivity index (χ2v) is 7.67. The fraction of sp³-hybridized carbons (Fsp3) is 0.450. The van der Waals surface area contributed by atoms with Gasteiger partial charge in [0.2, 0.25) is 5.91 Å². The molecule has 1 aromatic heterocycles. The van der Waals surface area contributed by atoms with Crippen molar-refractivity contribution in [2.45, 2.75) is 32.2 Å². The highest BCUT2D eigenvalue weighted by Gasteiger charge is 2.14. The molecule has 0 saturated carbocycles. The highest BCUT2D eigenvalue weighted by molar-refractivity contribution is 7.15. The van der Waals surface area contributed by atoms with Crippen LogP contribution in [0, 0.1) is 5.92 Å². The van der Waals surface area contributed by atoms with E-state index in [0.717, 1.165) is 25.3 Å². The first-order chi connectivity index (χ1) is 12.2. The smallest absolute Gasteiger partial charge is 0.220 e. The van der Waals surface area contributed by atoms with Crippen molar-refractivity contribution in [3.8, 4) is 16.2 Å². The highest BCUT2D eigenvalue weighted by Crippen LogP contribution is 2.29. The van der Waals surface area contributed by atoms with Gasteiger partial charge in [0.05, 0.1) is 13.7 Å². The van der Waals surface area contributed by atoms with Gasteiger partial charge >= 0.3 is 0 Å². The fourth-order valence-electron chi connectivity index (χ4n) is 3.16. The number of piperidine rings is 1.